The molecule has 0 aromatic heterocycles. The number of amides is 2. The normalized spacial score (nSPS) is 10.2. The molecule has 0 bridgehead atoms. The van der Waals surface area contributed by atoms with Crippen LogP contribution in [0.5, 0.6) is 5.75 Å². The first-order chi connectivity index (χ1) is 12.6. The first-order valence-electron chi connectivity index (χ1n) is 8.60. The molecule has 0 atom stereocenters. The number of ether oxygens (including phenoxy) is 1. The molecule has 138 valence electrons. The van der Waals surface area contributed by atoms with Crippen molar-refractivity contribution in [1.29, 1.82) is 0 Å². The maximum atomic E-state index is 12.2. The van der Waals surface area contributed by atoms with Crippen LogP contribution in [0, 0.1) is 0 Å². The summed E-state index contributed by atoms with van der Waals surface area (Å²) in [5.41, 5.74) is 1.31. The number of benzene rings is 2. The second kappa shape index (κ2) is 10.5. The summed E-state index contributed by atoms with van der Waals surface area (Å²) in [6.07, 6.45) is 2.94. The van der Waals surface area contributed by atoms with Crippen molar-refractivity contribution in [1.82, 2.24) is 5.32 Å². The highest BCUT2D eigenvalue weighted by Crippen LogP contribution is 2.20. The highest BCUT2D eigenvalue weighted by Gasteiger charge is 2.10. The zero-order valence-corrected chi connectivity index (χ0v) is 15.7. The predicted molar refractivity (Wildman–Crippen MR) is 106 cm³/mol. The predicted octanol–water partition coefficient (Wildman–Crippen LogP) is 3.91. The van der Waals surface area contributed by atoms with Gasteiger partial charge >= 0.3 is 0 Å². The topological polar surface area (TPSA) is 67.4 Å². The molecule has 0 fully saturated rings. The van der Waals surface area contributed by atoms with Crippen molar-refractivity contribution in [2.24, 2.45) is 0 Å². The van der Waals surface area contributed by atoms with Crippen LogP contribution in [0.15, 0.2) is 53.4 Å². The van der Waals surface area contributed by atoms with E-state index >= 15 is 0 Å². The van der Waals surface area contributed by atoms with Crippen molar-refractivity contribution in [3.63, 3.8) is 0 Å². The highest BCUT2D eigenvalue weighted by atomic mass is 32.1. The first kappa shape index (κ1) is 19.8. The van der Waals surface area contributed by atoms with Crippen molar-refractivity contribution in [3.8, 4) is 5.75 Å². The number of nitrogens with one attached hydrogen (secondary N) is 2. The maximum Gasteiger partial charge on any atom is 0.252 e. The van der Waals surface area contributed by atoms with E-state index < -0.39 is 0 Å². The van der Waals surface area contributed by atoms with Crippen LogP contribution in [-0.2, 0) is 4.79 Å². The van der Waals surface area contributed by atoms with E-state index in [0.29, 0.717) is 29.2 Å². The van der Waals surface area contributed by atoms with Crippen molar-refractivity contribution in [3.05, 3.63) is 54.1 Å². The van der Waals surface area contributed by atoms with Crippen LogP contribution in [0.4, 0.5) is 5.69 Å². The van der Waals surface area contributed by atoms with Gasteiger partial charge < -0.3 is 15.4 Å². The fraction of sp³-hybridized carbons (Fsp3) is 0.300. The van der Waals surface area contributed by atoms with Gasteiger partial charge in [0, 0.05) is 23.5 Å². The molecule has 26 heavy (non-hydrogen) atoms. The Balaban J connectivity index is 1.63. The highest BCUT2D eigenvalue weighted by molar-refractivity contribution is 7.80. The summed E-state index contributed by atoms with van der Waals surface area (Å²) < 4.78 is 5.13. The lowest BCUT2D eigenvalue weighted by molar-refractivity contribution is -0.116. The number of thiol groups is 1. The van der Waals surface area contributed by atoms with E-state index in [-0.39, 0.29) is 11.8 Å². The quantitative estimate of drug-likeness (QED) is 0.462. The van der Waals surface area contributed by atoms with Gasteiger partial charge in [-0.25, -0.2) is 0 Å². The molecule has 2 aromatic rings. The van der Waals surface area contributed by atoms with Gasteiger partial charge in [0.05, 0.1) is 12.7 Å². The summed E-state index contributed by atoms with van der Waals surface area (Å²) in [5, 5.41) is 5.74. The van der Waals surface area contributed by atoms with Crippen LogP contribution >= 0.6 is 12.6 Å². The molecule has 0 unspecified atom stereocenters. The lowest BCUT2D eigenvalue weighted by atomic mass is 10.1. The van der Waals surface area contributed by atoms with Gasteiger partial charge in [-0.2, -0.15) is 0 Å². The molecular weight excluding hydrogens is 348 g/mol. The Morgan fingerprint density at radius 1 is 1.04 bits per heavy atom. The van der Waals surface area contributed by atoms with E-state index in [1.165, 1.54) is 0 Å². The number of anilines is 1. The van der Waals surface area contributed by atoms with E-state index in [0.717, 1.165) is 24.9 Å². The van der Waals surface area contributed by atoms with Crippen LogP contribution in [0.3, 0.4) is 0 Å². The Kier molecular flexibility index (Phi) is 8.02. The summed E-state index contributed by atoms with van der Waals surface area (Å²) >= 11 is 4.30. The molecule has 0 aliphatic carbocycles. The Morgan fingerprint density at radius 3 is 2.54 bits per heavy atom. The lowest BCUT2D eigenvalue weighted by Gasteiger charge is -2.09. The molecule has 0 saturated heterocycles. The SMILES string of the molecule is COc1ccc(S)c(C(=O)NCCCCCC(=O)Nc2ccccc2)c1. The third-order valence-electron chi connectivity index (χ3n) is 3.87. The smallest absolute Gasteiger partial charge is 0.252 e. The van der Waals surface area contributed by atoms with Crippen LogP contribution in [0.1, 0.15) is 36.0 Å². The zero-order valence-electron chi connectivity index (χ0n) is 14.8. The number of carbonyl (C=O) groups excluding carboxylic acids is 2. The van der Waals surface area contributed by atoms with Crippen molar-refractivity contribution in [2.45, 2.75) is 30.6 Å². The molecule has 2 aromatic carbocycles. The minimum absolute atomic E-state index is 0.0105. The Morgan fingerprint density at radius 2 is 1.81 bits per heavy atom. The number of hydrogen-bond donors (Lipinski definition) is 3. The summed E-state index contributed by atoms with van der Waals surface area (Å²) in [6, 6.07) is 14.6. The van der Waals surface area contributed by atoms with Crippen LogP contribution in [0.2, 0.25) is 0 Å². The molecule has 0 heterocycles. The van der Waals surface area contributed by atoms with Gasteiger partial charge in [-0.15, -0.1) is 12.6 Å². The van der Waals surface area contributed by atoms with E-state index in [2.05, 4.69) is 23.3 Å². The molecule has 0 spiro atoms. The molecule has 0 aliphatic heterocycles. The fourth-order valence-electron chi connectivity index (χ4n) is 2.45. The van der Waals surface area contributed by atoms with Crippen molar-refractivity contribution >= 4 is 30.1 Å². The summed E-state index contributed by atoms with van der Waals surface area (Å²) in [4.78, 5) is 24.6. The molecule has 0 aliphatic rings. The second-order valence-electron chi connectivity index (χ2n) is 5.86. The standard InChI is InChI=1S/C20H24N2O3S/c1-25-16-11-12-18(26)17(14-16)20(24)21-13-7-3-6-10-19(23)22-15-8-4-2-5-9-15/h2,4-5,8-9,11-12,14,26H,3,6-7,10,13H2,1H3,(H,21,24)(H,22,23). The second-order valence-corrected chi connectivity index (χ2v) is 6.35. The van der Waals surface area contributed by atoms with Gasteiger partial charge in [0.15, 0.2) is 0 Å². The number of unbranched alkanes of at least 4 members (excludes halogenated alkanes) is 2. The third-order valence-corrected chi connectivity index (χ3v) is 4.26. The van der Waals surface area contributed by atoms with Gasteiger partial charge in [0.25, 0.3) is 5.91 Å². The van der Waals surface area contributed by atoms with Gasteiger partial charge in [0.1, 0.15) is 5.75 Å². The van der Waals surface area contributed by atoms with Crippen LogP contribution < -0.4 is 15.4 Å². The lowest BCUT2D eigenvalue weighted by Crippen LogP contribution is -2.25. The van der Waals surface area contributed by atoms with Crippen LogP contribution in [0.25, 0.3) is 0 Å². The first-order valence-corrected chi connectivity index (χ1v) is 9.05. The van der Waals surface area contributed by atoms with Crippen molar-refractivity contribution < 1.29 is 14.3 Å². The number of hydrogen-bond acceptors (Lipinski definition) is 4. The number of rotatable bonds is 9. The Labute approximate surface area is 159 Å². The van der Waals surface area contributed by atoms with Crippen molar-refractivity contribution in [2.75, 3.05) is 19.0 Å². The Bertz CT molecular complexity index is 735. The largest absolute Gasteiger partial charge is 0.497 e. The average Bonchev–Trinajstić information content (AvgIpc) is 2.65. The van der Waals surface area contributed by atoms with Gasteiger partial charge in [0.2, 0.25) is 5.91 Å². The molecule has 0 radical (unpaired) electrons. The van der Waals surface area contributed by atoms with Gasteiger partial charge in [-0.3, -0.25) is 9.59 Å². The molecule has 6 heteroatoms. The zero-order chi connectivity index (χ0) is 18.8. The molecule has 2 N–H and O–H groups in total. The van der Waals surface area contributed by atoms with Gasteiger partial charge in [-0.1, -0.05) is 24.6 Å². The minimum atomic E-state index is -0.171. The minimum Gasteiger partial charge on any atom is -0.497 e. The maximum absolute atomic E-state index is 12.2. The number of methoxy groups -OCH3 is 1. The third kappa shape index (κ3) is 6.44. The fourth-order valence-corrected chi connectivity index (χ4v) is 2.69. The molecule has 2 amide bonds. The summed E-state index contributed by atoms with van der Waals surface area (Å²) in [6.45, 7) is 0.559. The molecule has 5 nitrogen and oxygen atoms in total. The Hall–Kier alpha value is -2.47. The van der Waals surface area contributed by atoms with E-state index in [9.17, 15) is 9.59 Å². The molecule has 2 rings (SSSR count). The number of para-hydroxylation sites is 1. The summed E-state index contributed by atoms with van der Waals surface area (Å²) in [5.74, 6) is 0.462. The molecular formula is C20H24N2O3S. The van der Waals surface area contributed by atoms with Gasteiger partial charge in [-0.05, 0) is 43.2 Å². The van der Waals surface area contributed by atoms with Crippen LogP contribution in [-0.4, -0.2) is 25.5 Å². The number of carbonyl (C=O) groups is 2. The van der Waals surface area contributed by atoms with E-state index in [4.69, 9.17) is 4.74 Å². The molecule has 0 saturated carbocycles. The average molecular weight is 372 g/mol. The van der Waals surface area contributed by atoms with E-state index in [1.54, 1.807) is 25.3 Å². The monoisotopic (exact) mass is 372 g/mol. The van der Waals surface area contributed by atoms with E-state index in [1.807, 2.05) is 30.3 Å². The summed E-state index contributed by atoms with van der Waals surface area (Å²) in [7, 11) is 1.56.